The smallest absolute Gasteiger partial charge is 0.0949 e. The number of benzene rings is 4. The lowest BCUT2D eigenvalue weighted by atomic mass is 9.81. The molecule has 0 N–H and O–H groups in total. The van der Waals surface area contributed by atoms with Crippen molar-refractivity contribution in [2.24, 2.45) is 0 Å². The fourth-order valence-electron chi connectivity index (χ4n) is 6.81. The standard InChI is InChI=1S/C33H26N2/c1-2-9-21(10-3-1)29-20-23(19-22-11-4-5-12-24(22)29)31-33-28(17-18-34-31)27-15-8-14-26-25-13-6-7-16-30(25)35(33)32(26)27/h4-8,11-21H,1-3,9-10H2. The van der Waals surface area contributed by atoms with Crippen LogP contribution in [-0.2, 0) is 0 Å². The third-order valence-electron chi connectivity index (χ3n) is 8.35. The predicted octanol–water partition coefficient (Wildman–Crippen LogP) is 9.10. The molecule has 1 saturated carbocycles. The summed E-state index contributed by atoms with van der Waals surface area (Å²) in [7, 11) is 0. The van der Waals surface area contributed by atoms with E-state index in [1.807, 2.05) is 6.20 Å². The van der Waals surface area contributed by atoms with Crippen LogP contribution in [-0.4, -0.2) is 9.38 Å². The summed E-state index contributed by atoms with van der Waals surface area (Å²) in [6.07, 6.45) is 8.63. The fourth-order valence-corrected chi connectivity index (χ4v) is 6.81. The van der Waals surface area contributed by atoms with E-state index in [9.17, 15) is 0 Å². The van der Waals surface area contributed by atoms with E-state index in [-0.39, 0.29) is 0 Å². The van der Waals surface area contributed by atoms with Gasteiger partial charge in [0.1, 0.15) is 0 Å². The van der Waals surface area contributed by atoms with Crippen molar-refractivity contribution in [1.29, 1.82) is 0 Å². The lowest BCUT2D eigenvalue weighted by Gasteiger charge is -2.24. The molecule has 2 heteroatoms. The molecule has 1 aliphatic carbocycles. The molecule has 3 aromatic heterocycles. The van der Waals surface area contributed by atoms with Crippen LogP contribution in [0.15, 0.2) is 91.1 Å². The van der Waals surface area contributed by atoms with Gasteiger partial charge in [0.25, 0.3) is 0 Å². The van der Waals surface area contributed by atoms with E-state index in [2.05, 4.69) is 89.3 Å². The quantitative estimate of drug-likeness (QED) is 0.257. The van der Waals surface area contributed by atoms with Crippen molar-refractivity contribution in [1.82, 2.24) is 9.38 Å². The Bertz CT molecular complexity index is 1890. The Balaban J connectivity index is 1.50. The van der Waals surface area contributed by atoms with Crippen LogP contribution in [0.5, 0.6) is 0 Å². The molecule has 0 unspecified atom stereocenters. The zero-order chi connectivity index (χ0) is 22.9. The maximum Gasteiger partial charge on any atom is 0.0949 e. The molecule has 168 valence electrons. The van der Waals surface area contributed by atoms with Gasteiger partial charge < -0.3 is 4.40 Å². The maximum atomic E-state index is 5.05. The van der Waals surface area contributed by atoms with Crippen LogP contribution in [0, 0.1) is 0 Å². The Hall–Kier alpha value is -3.91. The van der Waals surface area contributed by atoms with Gasteiger partial charge in [-0.3, -0.25) is 4.98 Å². The fraction of sp³-hybridized carbons (Fsp3) is 0.182. The van der Waals surface area contributed by atoms with Gasteiger partial charge in [-0.2, -0.15) is 0 Å². The van der Waals surface area contributed by atoms with E-state index in [1.54, 1.807) is 0 Å². The van der Waals surface area contributed by atoms with Crippen LogP contribution >= 0.6 is 0 Å². The molecule has 0 bridgehead atoms. The number of pyridine rings is 1. The minimum atomic E-state index is 0.640. The Labute approximate surface area is 204 Å². The first kappa shape index (κ1) is 19.4. The Morgan fingerprint density at radius 3 is 2.23 bits per heavy atom. The molecule has 0 radical (unpaired) electrons. The number of nitrogens with zero attached hydrogens (tertiary/aromatic N) is 2. The van der Waals surface area contributed by atoms with Gasteiger partial charge in [-0.05, 0) is 59.4 Å². The minimum absolute atomic E-state index is 0.640. The summed E-state index contributed by atoms with van der Waals surface area (Å²) in [4.78, 5) is 5.05. The van der Waals surface area contributed by atoms with Gasteiger partial charge >= 0.3 is 0 Å². The Kier molecular flexibility index (Phi) is 4.04. The van der Waals surface area contributed by atoms with Crippen LogP contribution in [0.2, 0.25) is 0 Å². The monoisotopic (exact) mass is 450 g/mol. The third-order valence-corrected chi connectivity index (χ3v) is 8.35. The van der Waals surface area contributed by atoms with Crippen molar-refractivity contribution in [2.45, 2.75) is 38.0 Å². The molecule has 7 aromatic rings. The van der Waals surface area contributed by atoms with Gasteiger partial charge in [0, 0.05) is 33.3 Å². The summed E-state index contributed by atoms with van der Waals surface area (Å²) in [6.45, 7) is 0. The first-order valence-corrected chi connectivity index (χ1v) is 12.9. The van der Waals surface area contributed by atoms with Crippen molar-refractivity contribution in [3.05, 3.63) is 96.7 Å². The molecule has 0 aliphatic heterocycles. The van der Waals surface area contributed by atoms with Gasteiger partial charge in [-0.1, -0.05) is 79.9 Å². The Morgan fingerprint density at radius 2 is 1.34 bits per heavy atom. The summed E-state index contributed by atoms with van der Waals surface area (Å²) < 4.78 is 2.47. The number of hydrogen-bond donors (Lipinski definition) is 0. The largest absolute Gasteiger partial charge is 0.306 e. The second-order valence-electron chi connectivity index (χ2n) is 10.2. The molecule has 4 aromatic carbocycles. The second kappa shape index (κ2) is 7.29. The number of rotatable bonds is 2. The molecule has 8 rings (SSSR count). The highest BCUT2D eigenvalue weighted by atomic mass is 14.9. The topological polar surface area (TPSA) is 17.3 Å². The van der Waals surface area contributed by atoms with Crippen LogP contribution in [0.3, 0.4) is 0 Å². The average molecular weight is 451 g/mol. The summed E-state index contributed by atoms with van der Waals surface area (Å²) in [5.41, 5.74) is 7.63. The molecule has 3 heterocycles. The van der Waals surface area contributed by atoms with Crippen LogP contribution in [0.4, 0.5) is 0 Å². The first-order chi connectivity index (χ1) is 17.4. The summed E-state index contributed by atoms with van der Waals surface area (Å²) >= 11 is 0. The highest BCUT2D eigenvalue weighted by Crippen LogP contribution is 2.43. The van der Waals surface area contributed by atoms with Crippen molar-refractivity contribution >= 4 is 48.9 Å². The molecular formula is C33H26N2. The molecule has 0 spiro atoms. The SMILES string of the molecule is c1ccc2c(C3CCCCC3)cc(-c3nccc4c5cccc6c7ccccc7n(c34)c65)cc2c1. The zero-order valence-electron chi connectivity index (χ0n) is 19.7. The summed E-state index contributed by atoms with van der Waals surface area (Å²) in [5.74, 6) is 0.640. The molecule has 0 saturated heterocycles. The van der Waals surface area contributed by atoms with Gasteiger partial charge in [0.2, 0.25) is 0 Å². The van der Waals surface area contributed by atoms with E-state index >= 15 is 0 Å². The normalized spacial score (nSPS) is 15.3. The van der Waals surface area contributed by atoms with Gasteiger partial charge in [0.05, 0.1) is 22.2 Å². The van der Waals surface area contributed by atoms with Crippen LogP contribution in [0.25, 0.3) is 60.1 Å². The number of hydrogen-bond acceptors (Lipinski definition) is 1. The Morgan fingerprint density at radius 1 is 0.629 bits per heavy atom. The van der Waals surface area contributed by atoms with E-state index in [0.717, 1.165) is 5.69 Å². The molecule has 0 amide bonds. The highest BCUT2D eigenvalue weighted by Gasteiger charge is 2.22. The van der Waals surface area contributed by atoms with E-state index < -0.39 is 0 Å². The van der Waals surface area contributed by atoms with Gasteiger partial charge in [0.15, 0.2) is 0 Å². The van der Waals surface area contributed by atoms with Gasteiger partial charge in [-0.25, -0.2) is 0 Å². The number of aromatic nitrogens is 2. The number of para-hydroxylation sites is 2. The second-order valence-corrected chi connectivity index (χ2v) is 10.2. The summed E-state index contributed by atoms with van der Waals surface area (Å²) in [6, 6.07) is 31.5. The predicted molar refractivity (Wildman–Crippen MR) is 148 cm³/mol. The van der Waals surface area contributed by atoms with E-state index in [0.29, 0.717) is 5.92 Å². The van der Waals surface area contributed by atoms with Gasteiger partial charge in [-0.15, -0.1) is 0 Å². The number of fused-ring (bicyclic) bond motifs is 7. The third kappa shape index (κ3) is 2.68. The average Bonchev–Trinajstić information content (AvgIpc) is 3.45. The first-order valence-electron chi connectivity index (χ1n) is 12.9. The molecule has 1 fully saturated rings. The van der Waals surface area contributed by atoms with Crippen molar-refractivity contribution < 1.29 is 0 Å². The maximum absolute atomic E-state index is 5.05. The van der Waals surface area contributed by atoms with Crippen molar-refractivity contribution in [3.63, 3.8) is 0 Å². The van der Waals surface area contributed by atoms with E-state index in [1.165, 1.54) is 92.1 Å². The molecule has 35 heavy (non-hydrogen) atoms. The molecule has 2 nitrogen and oxygen atoms in total. The van der Waals surface area contributed by atoms with Crippen molar-refractivity contribution in [2.75, 3.05) is 0 Å². The van der Waals surface area contributed by atoms with Crippen LogP contribution in [0.1, 0.15) is 43.6 Å². The minimum Gasteiger partial charge on any atom is -0.306 e. The molecular weight excluding hydrogens is 424 g/mol. The highest BCUT2D eigenvalue weighted by molar-refractivity contribution is 6.24. The lowest BCUT2D eigenvalue weighted by Crippen LogP contribution is -2.05. The van der Waals surface area contributed by atoms with Crippen LogP contribution < -0.4 is 0 Å². The van der Waals surface area contributed by atoms with Crippen molar-refractivity contribution in [3.8, 4) is 11.3 Å². The summed E-state index contributed by atoms with van der Waals surface area (Å²) in [5, 5.41) is 7.96. The zero-order valence-corrected chi connectivity index (χ0v) is 19.7. The lowest BCUT2D eigenvalue weighted by molar-refractivity contribution is 0.445. The molecule has 1 aliphatic rings. The van der Waals surface area contributed by atoms with E-state index in [4.69, 9.17) is 4.98 Å². The molecule has 0 atom stereocenters.